The summed E-state index contributed by atoms with van der Waals surface area (Å²) in [6.07, 6.45) is 0. The Morgan fingerprint density at radius 2 is 2.18 bits per heavy atom. The number of thiophene rings is 1. The van der Waals surface area contributed by atoms with Crippen LogP contribution in [0.1, 0.15) is 16.7 Å². The van der Waals surface area contributed by atoms with Crippen LogP contribution in [-0.2, 0) is 13.2 Å². The molecule has 17 heavy (non-hydrogen) atoms. The van der Waals surface area contributed by atoms with Crippen molar-refractivity contribution in [1.29, 1.82) is 0 Å². The van der Waals surface area contributed by atoms with Gasteiger partial charge in [-0.3, -0.25) is 0 Å². The van der Waals surface area contributed by atoms with Crippen molar-refractivity contribution in [1.82, 2.24) is 5.32 Å². The number of rotatable bonds is 5. The molecule has 0 radical (unpaired) electrons. The van der Waals surface area contributed by atoms with Crippen molar-refractivity contribution in [2.24, 2.45) is 0 Å². The average Bonchev–Trinajstić information content (AvgIpc) is 2.81. The van der Waals surface area contributed by atoms with Crippen LogP contribution in [0.25, 0.3) is 0 Å². The number of nitrogens with one attached hydrogen (secondary N) is 1. The molecule has 0 saturated carbocycles. The summed E-state index contributed by atoms with van der Waals surface area (Å²) in [6, 6.07) is 8.40. The van der Waals surface area contributed by atoms with E-state index in [2.05, 4.69) is 41.2 Å². The third kappa shape index (κ3) is 3.32. The van der Waals surface area contributed by atoms with Gasteiger partial charge in [-0.25, -0.2) is 0 Å². The van der Waals surface area contributed by atoms with Gasteiger partial charge in [-0.2, -0.15) is 11.3 Å². The Kier molecular flexibility index (Phi) is 4.18. The van der Waals surface area contributed by atoms with Crippen LogP contribution in [0.5, 0.6) is 5.75 Å². The molecule has 0 amide bonds. The molecule has 90 valence electrons. The molecule has 0 atom stereocenters. The summed E-state index contributed by atoms with van der Waals surface area (Å²) in [5.41, 5.74) is 3.70. The minimum Gasteiger partial charge on any atom is -0.489 e. The lowest BCUT2D eigenvalue weighted by Gasteiger charge is -2.11. The lowest BCUT2D eigenvalue weighted by atomic mass is 10.1. The molecule has 1 aromatic heterocycles. The van der Waals surface area contributed by atoms with Gasteiger partial charge in [-0.05, 0) is 42.4 Å². The molecule has 1 N–H and O–H groups in total. The van der Waals surface area contributed by atoms with E-state index < -0.39 is 0 Å². The van der Waals surface area contributed by atoms with Gasteiger partial charge >= 0.3 is 0 Å². The fourth-order valence-electron chi connectivity index (χ4n) is 1.71. The second kappa shape index (κ2) is 5.84. The van der Waals surface area contributed by atoms with Gasteiger partial charge in [0.15, 0.2) is 0 Å². The summed E-state index contributed by atoms with van der Waals surface area (Å²) in [6.45, 7) is 3.58. The van der Waals surface area contributed by atoms with Crippen molar-refractivity contribution in [3.05, 3.63) is 51.7 Å². The lowest BCUT2D eigenvalue weighted by Crippen LogP contribution is -2.07. The smallest absolute Gasteiger partial charge is 0.124 e. The monoisotopic (exact) mass is 247 g/mol. The second-order valence-electron chi connectivity index (χ2n) is 4.06. The minimum absolute atomic E-state index is 0.642. The van der Waals surface area contributed by atoms with Crippen LogP contribution in [0.15, 0.2) is 35.0 Å². The van der Waals surface area contributed by atoms with E-state index in [1.54, 1.807) is 11.3 Å². The van der Waals surface area contributed by atoms with Crippen molar-refractivity contribution in [3.8, 4) is 5.75 Å². The van der Waals surface area contributed by atoms with E-state index in [4.69, 9.17) is 4.74 Å². The maximum atomic E-state index is 5.86. The quantitative estimate of drug-likeness (QED) is 0.875. The van der Waals surface area contributed by atoms with Gasteiger partial charge in [0.25, 0.3) is 0 Å². The minimum atomic E-state index is 0.642. The zero-order chi connectivity index (χ0) is 12.1. The van der Waals surface area contributed by atoms with Gasteiger partial charge in [0.1, 0.15) is 12.4 Å². The molecule has 0 aliphatic heterocycles. The van der Waals surface area contributed by atoms with Gasteiger partial charge < -0.3 is 10.1 Å². The van der Waals surface area contributed by atoms with Crippen LogP contribution in [-0.4, -0.2) is 7.05 Å². The summed E-state index contributed by atoms with van der Waals surface area (Å²) >= 11 is 1.70. The largest absolute Gasteiger partial charge is 0.489 e. The topological polar surface area (TPSA) is 21.3 Å². The maximum Gasteiger partial charge on any atom is 0.124 e. The highest BCUT2D eigenvalue weighted by Crippen LogP contribution is 2.21. The highest BCUT2D eigenvalue weighted by Gasteiger charge is 2.04. The van der Waals surface area contributed by atoms with Crippen molar-refractivity contribution in [2.45, 2.75) is 20.1 Å². The third-order valence-corrected chi connectivity index (χ3v) is 3.29. The molecule has 0 unspecified atom stereocenters. The normalized spacial score (nSPS) is 10.5. The van der Waals surface area contributed by atoms with Gasteiger partial charge in [0.2, 0.25) is 0 Å². The molecule has 0 aliphatic carbocycles. The van der Waals surface area contributed by atoms with E-state index in [0.717, 1.165) is 12.3 Å². The summed E-state index contributed by atoms with van der Waals surface area (Å²) in [5.74, 6) is 0.969. The molecular weight excluding hydrogens is 230 g/mol. The molecule has 2 nitrogen and oxygen atoms in total. The first kappa shape index (κ1) is 12.1. The van der Waals surface area contributed by atoms with E-state index in [0.29, 0.717) is 6.61 Å². The van der Waals surface area contributed by atoms with Crippen LogP contribution in [0.4, 0.5) is 0 Å². The predicted molar refractivity (Wildman–Crippen MR) is 72.6 cm³/mol. The van der Waals surface area contributed by atoms with Crippen molar-refractivity contribution in [2.75, 3.05) is 7.05 Å². The Bertz CT molecular complexity index is 465. The van der Waals surface area contributed by atoms with Crippen molar-refractivity contribution >= 4 is 11.3 Å². The molecule has 3 heteroatoms. The van der Waals surface area contributed by atoms with Gasteiger partial charge in [0, 0.05) is 12.1 Å². The fourth-order valence-corrected chi connectivity index (χ4v) is 2.37. The SMILES string of the molecule is CNCc1cc(C)ccc1OCc1ccsc1. The van der Waals surface area contributed by atoms with Gasteiger partial charge in [-0.1, -0.05) is 17.7 Å². The molecule has 0 spiro atoms. The Morgan fingerprint density at radius 1 is 1.29 bits per heavy atom. The molecule has 0 saturated heterocycles. The van der Waals surface area contributed by atoms with Crippen LogP contribution in [0, 0.1) is 6.92 Å². The Morgan fingerprint density at radius 3 is 2.88 bits per heavy atom. The van der Waals surface area contributed by atoms with Crippen LogP contribution in [0.3, 0.4) is 0 Å². The van der Waals surface area contributed by atoms with Gasteiger partial charge in [-0.15, -0.1) is 0 Å². The summed E-state index contributed by atoms with van der Waals surface area (Å²) in [5, 5.41) is 7.36. The van der Waals surface area contributed by atoms with E-state index >= 15 is 0 Å². The Labute approximate surface area is 106 Å². The fraction of sp³-hybridized carbons (Fsp3) is 0.286. The van der Waals surface area contributed by atoms with E-state index in [1.165, 1.54) is 16.7 Å². The summed E-state index contributed by atoms with van der Waals surface area (Å²) in [7, 11) is 1.95. The standard InChI is InChI=1S/C14H17NOS/c1-11-3-4-14(13(7-11)8-15-2)16-9-12-5-6-17-10-12/h3-7,10,15H,8-9H2,1-2H3. The first-order valence-electron chi connectivity index (χ1n) is 5.67. The van der Waals surface area contributed by atoms with E-state index in [9.17, 15) is 0 Å². The first-order valence-corrected chi connectivity index (χ1v) is 6.62. The Balaban J connectivity index is 2.08. The predicted octanol–water partition coefficient (Wildman–Crippen LogP) is 3.35. The van der Waals surface area contributed by atoms with Crippen LogP contribution in [0.2, 0.25) is 0 Å². The highest BCUT2D eigenvalue weighted by atomic mass is 32.1. The molecule has 2 aromatic rings. The summed E-state index contributed by atoms with van der Waals surface area (Å²) in [4.78, 5) is 0. The number of hydrogen-bond acceptors (Lipinski definition) is 3. The molecular formula is C14H17NOS. The zero-order valence-electron chi connectivity index (χ0n) is 10.2. The molecule has 0 aliphatic rings. The van der Waals surface area contributed by atoms with Crippen molar-refractivity contribution in [3.63, 3.8) is 0 Å². The molecule has 1 aromatic carbocycles. The second-order valence-corrected chi connectivity index (χ2v) is 4.84. The van der Waals surface area contributed by atoms with Crippen LogP contribution < -0.4 is 10.1 Å². The van der Waals surface area contributed by atoms with E-state index in [1.807, 2.05) is 13.1 Å². The first-order chi connectivity index (χ1) is 8.29. The zero-order valence-corrected chi connectivity index (χ0v) is 11.0. The van der Waals surface area contributed by atoms with Crippen molar-refractivity contribution < 1.29 is 4.74 Å². The third-order valence-electron chi connectivity index (χ3n) is 2.56. The highest BCUT2D eigenvalue weighted by molar-refractivity contribution is 7.07. The molecule has 0 fully saturated rings. The maximum absolute atomic E-state index is 5.86. The van der Waals surface area contributed by atoms with Crippen LogP contribution >= 0.6 is 11.3 Å². The molecule has 2 rings (SSSR count). The lowest BCUT2D eigenvalue weighted by molar-refractivity contribution is 0.303. The average molecular weight is 247 g/mol. The summed E-state index contributed by atoms with van der Waals surface area (Å²) < 4.78 is 5.86. The Hall–Kier alpha value is -1.32. The number of aryl methyl sites for hydroxylation is 1. The number of ether oxygens (including phenoxy) is 1. The number of hydrogen-bond donors (Lipinski definition) is 1. The molecule has 1 heterocycles. The number of benzene rings is 1. The van der Waals surface area contributed by atoms with Gasteiger partial charge in [0.05, 0.1) is 0 Å². The van der Waals surface area contributed by atoms with E-state index in [-0.39, 0.29) is 0 Å². The molecule has 0 bridgehead atoms.